The first-order valence-corrected chi connectivity index (χ1v) is 3.48. The quantitative estimate of drug-likeness (QED) is 0.482. The van der Waals surface area contributed by atoms with Gasteiger partial charge in [0.25, 0.3) is 0 Å². The first-order valence-electron chi connectivity index (χ1n) is 3.48. The molecule has 0 fully saturated rings. The third kappa shape index (κ3) is 1.13. The number of nitrogen functional groups attached to an aromatic ring is 1. The van der Waals surface area contributed by atoms with Gasteiger partial charge in [0.05, 0.1) is 0 Å². The Kier molecular flexibility index (Phi) is 1.72. The molecule has 11 heavy (non-hydrogen) atoms. The molecule has 1 heterocycles. The zero-order chi connectivity index (χ0) is 8.59. The molecule has 3 heteroatoms. The molecule has 60 valence electrons. The van der Waals surface area contributed by atoms with Crippen LogP contribution in [0.5, 0.6) is 0 Å². The van der Waals surface area contributed by atoms with Crippen molar-refractivity contribution in [2.45, 2.75) is 20.8 Å². The lowest BCUT2D eigenvalue weighted by Crippen LogP contribution is -2.07. The molecule has 0 amide bonds. The van der Waals surface area contributed by atoms with Crippen molar-refractivity contribution >= 4 is 5.78 Å². The summed E-state index contributed by atoms with van der Waals surface area (Å²) in [6.07, 6.45) is 1.66. The van der Waals surface area contributed by atoms with E-state index in [1.54, 1.807) is 13.1 Å². The van der Waals surface area contributed by atoms with E-state index in [0.717, 1.165) is 11.3 Å². The van der Waals surface area contributed by atoms with Crippen LogP contribution in [0.3, 0.4) is 0 Å². The van der Waals surface area contributed by atoms with Gasteiger partial charge in [0.15, 0.2) is 5.78 Å². The van der Waals surface area contributed by atoms with Crippen LogP contribution in [0.4, 0.5) is 0 Å². The van der Waals surface area contributed by atoms with Crippen LogP contribution in [0.1, 0.15) is 28.5 Å². The van der Waals surface area contributed by atoms with Gasteiger partial charge in [0.2, 0.25) is 0 Å². The third-order valence-corrected chi connectivity index (χ3v) is 1.98. The molecule has 3 nitrogen and oxygen atoms in total. The summed E-state index contributed by atoms with van der Waals surface area (Å²) in [5, 5.41) is 0. The normalized spacial score (nSPS) is 10.1. The summed E-state index contributed by atoms with van der Waals surface area (Å²) in [5.41, 5.74) is 2.63. The van der Waals surface area contributed by atoms with Gasteiger partial charge in [-0.2, -0.15) is 0 Å². The summed E-state index contributed by atoms with van der Waals surface area (Å²) in [7, 11) is 0. The van der Waals surface area contributed by atoms with E-state index in [0.29, 0.717) is 5.56 Å². The Morgan fingerprint density at radius 2 is 2.09 bits per heavy atom. The van der Waals surface area contributed by atoms with Crippen LogP contribution in [-0.2, 0) is 0 Å². The number of carbonyl (C=O) groups is 1. The fraction of sp³-hybridized carbons (Fsp3) is 0.375. The molecular weight excluding hydrogens is 140 g/mol. The van der Waals surface area contributed by atoms with Crippen LogP contribution in [-0.4, -0.2) is 10.5 Å². The number of hydrogen-bond acceptors (Lipinski definition) is 2. The summed E-state index contributed by atoms with van der Waals surface area (Å²) in [5.74, 6) is 5.61. The maximum Gasteiger partial charge on any atom is 0.161 e. The minimum absolute atomic E-state index is 0.0646. The number of carbonyl (C=O) groups excluding carboxylic acids is 1. The first-order chi connectivity index (χ1) is 5.04. The van der Waals surface area contributed by atoms with Crippen LogP contribution in [0, 0.1) is 13.8 Å². The van der Waals surface area contributed by atoms with Gasteiger partial charge in [-0.15, -0.1) is 0 Å². The molecule has 1 rings (SSSR count). The van der Waals surface area contributed by atoms with Crippen LogP contribution in [0.25, 0.3) is 0 Å². The highest BCUT2D eigenvalue weighted by Crippen LogP contribution is 2.13. The molecule has 1 aromatic heterocycles. The van der Waals surface area contributed by atoms with Gasteiger partial charge in [-0.05, 0) is 26.3 Å². The van der Waals surface area contributed by atoms with Gasteiger partial charge in [0.1, 0.15) is 0 Å². The largest absolute Gasteiger partial charge is 0.339 e. The first kappa shape index (κ1) is 7.85. The predicted octanol–water partition coefficient (Wildman–Crippen LogP) is 1.02. The topological polar surface area (TPSA) is 48.0 Å². The summed E-state index contributed by atoms with van der Waals surface area (Å²) in [4.78, 5) is 11.0. The smallest absolute Gasteiger partial charge is 0.161 e. The maximum absolute atomic E-state index is 11.0. The minimum atomic E-state index is 0.0646. The number of Topliss-reactive ketones (excluding diaryl/α,β-unsaturated/α-hetero) is 1. The minimum Gasteiger partial charge on any atom is -0.339 e. The SMILES string of the molecule is CC(=O)c1cn(N)c(C)c1C. The Balaban J connectivity index is 3.29. The second-order valence-corrected chi connectivity index (χ2v) is 2.72. The second-order valence-electron chi connectivity index (χ2n) is 2.72. The van der Waals surface area contributed by atoms with Crippen molar-refractivity contribution in [1.29, 1.82) is 0 Å². The molecule has 1 aromatic rings. The zero-order valence-electron chi connectivity index (χ0n) is 7.01. The molecule has 0 aliphatic rings. The molecule has 0 aliphatic carbocycles. The van der Waals surface area contributed by atoms with Crippen molar-refractivity contribution in [2.75, 3.05) is 5.84 Å². The van der Waals surface area contributed by atoms with Crippen LogP contribution >= 0.6 is 0 Å². The van der Waals surface area contributed by atoms with E-state index in [1.165, 1.54) is 4.68 Å². The summed E-state index contributed by atoms with van der Waals surface area (Å²) in [6, 6.07) is 0. The molecule has 0 unspecified atom stereocenters. The summed E-state index contributed by atoms with van der Waals surface area (Å²) >= 11 is 0. The number of ketones is 1. The second kappa shape index (κ2) is 2.42. The molecular formula is C8H12N2O. The van der Waals surface area contributed by atoms with Crippen molar-refractivity contribution < 1.29 is 4.79 Å². The van der Waals surface area contributed by atoms with Gasteiger partial charge >= 0.3 is 0 Å². The number of nitrogens with two attached hydrogens (primary N) is 1. The molecule has 0 aliphatic heterocycles. The summed E-state index contributed by atoms with van der Waals surface area (Å²) < 4.78 is 1.48. The predicted molar refractivity (Wildman–Crippen MR) is 44.1 cm³/mol. The molecule has 0 bridgehead atoms. The van der Waals surface area contributed by atoms with Crippen LogP contribution < -0.4 is 5.84 Å². The van der Waals surface area contributed by atoms with E-state index in [1.807, 2.05) is 13.8 Å². The fourth-order valence-electron chi connectivity index (χ4n) is 1.08. The third-order valence-electron chi connectivity index (χ3n) is 1.98. The monoisotopic (exact) mass is 152 g/mol. The lowest BCUT2D eigenvalue weighted by Gasteiger charge is -1.94. The van der Waals surface area contributed by atoms with E-state index >= 15 is 0 Å². The standard InChI is InChI=1S/C8H12N2O/c1-5-6(2)10(9)4-8(5)7(3)11/h4H,9H2,1-3H3. The Bertz CT molecular complexity index is 299. The van der Waals surface area contributed by atoms with Crippen LogP contribution in [0.2, 0.25) is 0 Å². The fourth-order valence-corrected chi connectivity index (χ4v) is 1.08. The van der Waals surface area contributed by atoms with Crippen molar-refractivity contribution in [2.24, 2.45) is 0 Å². The highest BCUT2D eigenvalue weighted by atomic mass is 16.1. The lowest BCUT2D eigenvalue weighted by atomic mass is 10.1. The lowest BCUT2D eigenvalue weighted by molar-refractivity contribution is 0.101. The van der Waals surface area contributed by atoms with E-state index in [4.69, 9.17) is 5.84 Å². The molecule has 0 spiro atoms. The van der Waals surface area contributed by atoms with Gasteiger partial charge in [-0.1, -0.05) is 0 Å². The van der Waals surface area contributed by atoms with Gasteiger partial charge < -0.3 is 5.84 Å². The van der Waals surface area contributed by atoms with Gasteiger partial charge in [-0.25, -0.2) is 0 Å². The van der Waals surface area contributed by atoms with Crippen LogP contribution in [0.15, 0.2) is 6.20 Å². The zero-order valence-corrected chi connectivity index (χ0v) is 7.01. The van der Waals surface area contributed by atoms with Gasteiger partial charge in [-0.3, -0.25) is 9.47 Å². The summed E-state index contributed by atoms with van der Waals surface area (Å²) in [6.45, 7) is 5.33. The average molecular weight is 152 g/mol. The Hall–Kier alpha value is -1.25. The Labute approximate surface area is 65.8 Å². The number of hydrogen-bond donors (Lipinski definition) is 1. The molecule has 0 aromatic carbocycles. The van der Waals surface area contributed by atoms with E-state index in [2.05, 4.69) is 0 Å². The van der Waals surface area contributed by atoms with Crippen molar-refractivity contribution in [3.63, 3.8) is 0 Å². The van der Waals surface area contributed by atoms with Gasteiger partial charge in [0, 0.05) is 17.5 Å². The van der Waals surface area contributed by atoms with Crippen molar-refractivity contribution in [3.8, 4) is 0 Å². The van der Waals surface area contributed by atoms with Crippen molar-refractivity contribution in [3.05, 3.63) is 23.0 Å². The highest BCUT2D eigenvalue weighted by molar-refractivity contribution is 5.95. The number of nitrogens with zero attached hydrogens (tertiary/aromatic N) is 1. The van der Waals surface area contributed by atoms with E-state index in [-0.39, 0.29) is 5.78 Å². The van der Waals surface area contributed by atoms with E-state index in [9.17, 15) is 4.79 Å². The van der Waals surface area contributed by atoms with E-state index < -0.39 is 0 Å². The molecule has 2 N–H and O–H groups in total. The molecule has 0 saturated heterocycles. The Morgan fingerprint density at radius 1 is 1.55 bits per heavy atom. The number of aromatic nitrogens is 1. The Morgan fingerprint density at radius 3 is 2.27 bits per heavy atom. The number of rotatable bonds is 1. The molecule has 0 atom stereocenters. The average Bonchev–Trinajstić information content (AvgIpc) is 2.17. The maximum atomic E-state index is 11.0. The molecule has 0 saturated carbocycles. The highest BCUT2D eigenvalue weighted by Gasteiger charge is 2.09. The van der Waals surface area contributed by atoms with Crippen molar-refractivity contribution in [1.82, 2.24) is 4.68 Å². The molecule has 0 radical (unpaired) electrons.